The van der Waals surface area contributed by atoms with Crippen LogP contribution in [0.15, 0.2) is 18.3 Å². The van der Waals surface area contributed by atoms with Crippen molar-refractivity contribution in [2.75, 3.05) is 39.1 Å². The molecule has 0 amide bonds. The number of rotatable bonds is 6. The molecule has 2 N–H and O–H groups in total. The molecule has 160 valence electrons. The molecule has 0 radical (unpaired) electrons. The molecular weight excluding hydrogens is 383 g/mol. The summed E-state index contributed by atoms with van der Waals surface area (Å²) >= 11 is 0. The largest absolute Gasteiger partial charge is 0.419 e. The van der Waals surface area contributed by atoms with Gasteiger partial charge in [0.25, 0.3) is 0 Å². The van der Waals surface area contributed by atoms with Gasteiger partial charge in [-0.25, -0.2) is 4.98 Å². The predicted octanol–water partition coefficient (Wildman–Crippen LogP) is 3.95. The summed E-state index contributed by atoms with van der Waals surface area (Å²) in [7, 11) is 1.70. The van der Waals surface area contributed by atoms with Crippen molar-refractivity contribution in [1.29, 1.82) is 0 Å². The molecule has 1 fully saturated rings. The van der Waals surface area contributed by atoms with E-state index in [1.165, 1.54) is 6.20 Å². The van der Waals surface area contributed by atoms with Crippen LogP contribution in [0.1, 0.15) is 49.9 Å². The van der Waals surface area contributed by atoms with Crippen molar-refractivity contribution < 1.29 is 17.9 Å². The van der Waals surface area contributed by atoms with Gasteiger partial charge in [-0.2, -0.15) is 18.3 Å². The Balaban J connectivity index is 1.87. The molecule has 1 aliphatic rings. The lowest BCUT2D eigenvalue weighted by atomic mass is 9.92. The molecule has 1 saturated heterocycles. The lowest BCUT2D eigenvalue weighted by Gasteiger charge is -2.32. The first-order chi connectivity index (χ1) is 13.7. The number of hydrogen-bond acceptors (Lipinski definition) is 5. The summed E-state index contributed by atoms with van der Waals surface area (Å²) in [5.74, 6) is -0.200. The second kappa shape index (κ2) is 8.71. The molecule has 6 nitrogen and oxygen atoms in total. The number of halogens is 3. The molecule has 2 aromatic rings. The van der Waals surface area contributed by atoms with Crippen LogP contribution in [-0.4, -0.2) is 53.0 Å². The highest BCUT2D eigenvalue weighted by molar-refractivity contribution is 5.62. The topological polar surface area (TPSA) is 69.2 Å². The number of nitrogen functional groups attached to an aromatic ring is 1. The number of nitrogens with two attached hydrogens (primary N) is 1. The first-order valence-corrected chi connectivity index (χ1v) is 9.84. The number of anilines is 1. The molecular formula is C20H28F3N5O. The summed E-state index contributed by atoms with van der Waals surface area (Å²) in [4.78, 5) is 6.12. The number of alkyl halides is 3. The zero-order chi connectivity index (χ0) is 21.2. The van der Waals surface area contributed by atoms with Crippen LogP contribution in [0.3, 0.4) is 0 Å². The Labute approximate surface area is 168 Å². The maximum absolute atomic E-state index is 13.2. The van der Waals surface area contributed by atoms with E-state index >= 15 is 0 Å². The molecule has 2 aromatic heterocycles. The molecule has 0 saturated carbocycles. The number of nitrogens with zero attached hydrogens (tertiary/aromatic N) is 4. The monoisotopic (exact) mass is 411 g/mol. The molecule has 0 bridgehead atoms. The van der Waals surface area contributed by atoms with E-state index in [-0.39, 0.29) is 6.04 Å². The highest BCUT2D eigenvalue weighted by Gasteiger charge is 2.34. The summed E-state index contributed by atoms with van der Waals surface area (Å²) in [6.45, 7) is 7.61. The predicted molar refractivity (Wildman–Crippen MR) is 106 cm³/mol. The summed E-state index contributed by atoms with van der Waals surface area (Å²) in [6, 6.07) is 3.05. The Hall–Kier alpha value is -2.13. The SMILES string of the molecule is COCCN1CCC(c2cc(-c3cnc(N)c(C(F)(F)F)c3)nn2C(C)C)CC1. The first kappa shape index (κ1) is 21.6. The number of ether oxygens (including phenoxy) is 1. The molecule has 29 heavy (non-hydrogen) atoms. The summed E-state index contributed by atoms with van der Waals surface area (Å²) in [5.41, 5.74) is 6.38. The van der Waals surface area contributed by atoms with E-state index in [2.05, 4.69) is 15.0 Å². The number of piperidine rings is 1. The van der Waals surface area contributed by atoms with E-state index in [4.69, 9.17) is 10.5 Å². The van der Waals surface area contributed by atoms with Gasteiger partial charge in [0.05, 0.1) is 17.9 Å². The average molecular weight is 411 g/mol. The number of aromatic nitrogens is 3. The Morgan fingerprint density at radius 2 is 1.93 bits per heavy atom. The molecule has 0 unspecified atom stereocenters. The Morgan fingerprint density at radius 1 is 1.24 bits per heavy atom. The van der Waals surface area contributed by atoms with Gasteiger partial charge in [0.1, 0.15) is 5.82 Å². The standard InChI is InChI=1S/C20H28F3N5O/c1-13(2)28-18(14-4-6-27(7-5-14)8-9-29-3)11-17(26-28)15-10-16(20(21,22)23)19(24)25-12-15/h10-14H,4-9H2,1-3H3,(H2,24,25). The third-order valence-electron chi connectivity index (χ3n) is 5.39. The van der Waals surface area contributed by atoms with E-state index in [9.17, 15) is 13.2 Å². The van der Waals surface area contributed by atoms with Crippen molar-refractivity contribution in [3.05, 3.63) is 29.6 Å². The molecule has 3 rings (SSSR count). The zero-order valence-electron chi connectivity index (χ0n) is 17.0. The van der Waals surface area contributed by atoms with Gasteiger partial charge >= 0.3 is 6.18 Å². The minimum atomic E-state index is -4.55. The maximum Gasteiger partial charge on any atom is 0.419 e. The Kier molecular flexibility index (Phi) is 6.48. The van der Waals surface area contributed by atoms with Crippen LogP contribution in [-0.2, 0) is 10.9 Å². The minimum absolute atomic E-state index is 0.106. The fraction of sp³-hybridized carbons (Fsp3) is 0.600. The third-order valence-corrected chi connectivity index (χ3v) is 5.39. The molecule has 1 aliphatic heterocycles. The van der Waals surface area contributed by atoms with Gasteiger partial charge in [-0.3, -0.25) is 4.68 Å². The second-order valence-electron chi connectivity index (χ2n) is 7.76. The van der Waals surface area contributed by atoms with Gasteiger partial charge in [0.2, 0.25) is 0 Å². The maximum atomic E-state index is 13.2. The van der Waals surface area contributed by atoms with Crippen molar-refractivity contribution >= 4 is 5.82 Å². The van der Waals surface area contributed by atoms with Crippen LogP contribution in [0.5, 0.6) is 0 Å². The fourth-order valence-electron chi connectivity index (χ4n) is 3.78. The average Bonchev–Trinajstić information content (AvgIpc) is 3.12. The summed E-state index contributed by atoms with van der Waals surface area (Å²) in [5, 5.41) is 4.61. The van der Waals surface area contributed by atoms with Crippen molar-refractivity contribution in [3.8, 4) is 11.3 Å². The third kappa shape index (κ3) is 4.90. The van der Waals surface area contributed by atoms with Crippen molar-refractivity contribution in [3.63, 3.8) is 0 Å². The van der Waals surface area contributed by atoms with E-state index in [1.54, 1.807) is 7.11 Å². The van der Waals surface area contributed by atoms with Gasteiger partial charge in [-0.05, 0) is 51.9 Å². The molecule has 0 aliphatic carbocycles. The number of likely N-dealkylation sites (tertiary alicyclic amines) is 1. The fourth-order valence-corrected chi connectivity index (χ4v) is 3.78. The smallest absolute Gasteiger partial charge is 0.383 e. The van der Waals surface area contributed by atoms with Crippen molar-refractivity contribution in [1.82, 2.24) is 19.7 Å². The Bertz CT molecular complexity index is 826. The minimum Gasteiger partial charge on any atom is -0.383 e. The lowest BCUT2D eigenvalue weighted by Crippen LogP contribution is -2.35. The van der Waals surface area contributed by atoms with Crippen molar-refractivity contribution in [2.24, 2.45) is 0 Å². The molecule has 3 heterocycles. The first-order valence-electron chi connectivity index (χ1n) is 9.84. The van der Waals surface area contributed by atoms with Gasteiger partial charge < -0.3 is 15.4 Å². The van der Waals surface area contributed by atoms with E-state index in [0.717, 1.165) is 44.2 Å². The van der Waals surface area contributed by atoms with Crippen LogP contribution < -0.4 is 5.73 Å². The van der Waals surface area contributed by atoms with E-state index < -0.39 is 17.6 Å². The van der Waals surface area contributed by atoms with Gasteiger partial charge in [-0.1, -0.05) is 0 Å². The molecule has 9 heteroatoms. The quantitative estimate of drug-likeness (QED) is 0.779. The van der Waals surface area contributed by atoms with Crippen LogP contribution in [0.2, 0.25) is 0 Å². The number of pyridine rings is 1. The van der Waals surface area contributed by atoms with E-state index in [0.29, 0.717) is 23.8 Å². The van der Waals surface area contributed by atoms with E-state index in [1.807, 2.05) is 24.6 Å². The lowest BCUT2D eigenvalue weighted by molar-refractivity contribution is -0.137. The van der Waals surface area contributed by atoms with Gasteiger partial charge in [-0.15, -0.1) is 0 Å². The zero-order valence-corrected chi connectivity index (χ0v) is 17.0. The normalized spacial score (nSPS) is 16.7. The van der Waals surface area contributed by atoms with Crippen LogP contribution in [0.25, 0.3) is 11.3 Å². The number of hydrogen-bond donors (Lipinski definition) is 1. The summed E-state index contributed by atoms with van der Waals surface area (Å²) < 4.78 is 46.7. The molecule has 0 aromatic carbocycles. The molecule has 0 atom stereocenters. The van der Waals surface area contributed by atoms with Gasteiger partial charge in [0.15, 0.2) is 0 Å². The number of methoxy groups -OCH3 is 1. The Morgan fingerprint density at radius 3 is 2.52 bits per heavy atom. The summed E-state index contributed by atoms with van der Waals surface area (Å²) in [6.07, 6.45) is -1.23. The second-order valence-corrected chi connectivity index (χ2v) is 7.76. The highest BCUT2D eigenvalue weighted by atomic mass is 19.4. The van der Waals surface area contributed by atoms with Crippen LogP contribution in [0, 0.1) is 0 Å². The van der Waals surface area contributed by atoms with Crippen molar-refractivity contribution in [2.45, 2.75) is 44.8 Å². The van der Waals surface area contributed by atoms with Gasteiger partial charge in [0, 0.05) is 43.1 Å². The van der Waals surface area contributed by atoms with Crippen LogP contribution >= 0.6 is 0 Å². The molecule has 0 spiro atoms. The highest BCUT2D eigenvalue weighted by Crippen LogP contribution is 2.36. The van der Waals surface area contributed by atoms with Crippen LogP contribution in [0.4, 0.5) is 19.0 Å².